The number of carbonyl (C=O) groups excluding carboxylic acids is 4. The summed E-state index contributed by atoms with van der Waals surface area (Å²) in [5, 5.41) is 0.464. The highest BCUT2D eigenvalue weighted by atomic mass is 19.1. The molecule has 11 heteroatoms. The summed E-state index contributed by atoms with van der Waals surface area (Å²) in [6.07, 6.45) is 3.50. The molecule has 0 radical (unpaired) electrons. The largest absolute Gasteiger partial charge is 0.496 e. The van der Waals surface area contributed by atoms with E-state index in [1.165, 1.54) is 35.2 Å². The molecule has 10 nitrogen and oxygen atoms in total. The van der Waals surface area contributed by atoms with Gasteiger partial charge in [0, 0.05) is 62.4 Å². The van der Waals surface area contributed by atoms with Gasteiger partial charge < -0.3 is 29.2 Å². The molecule has 2 saturated heterocycles. The highest BCUT2D eigenvalue weighted by Gasteiger charge is 2.32. The molecule has 3 amide bonds. The number of nitrogens with zero attached hydrogens (tertiary/aromatic N) is 3. The summed E-state index contributed by atoms with van der Waals surface area (Å²) in [4.78, 5) is 60.5. The van der Waals surface area contributed by atoms with Gasteiger partial charge >= 0.3 is 6.09 Å². The molecular weight excluding hydrogens is 567 g/mol. The van der Waals surface area contributed by atoms with Crippen LogP contribution in [0.5, 0.6) is 5.75 Å². The highest BCUT2D eigenvalue weighted by Crippen LogP contribution is 2.31. The van der Waals surface area contributed by atoms with E-state index >= 15 is 0 Å². The fraction of sp³-hybridized carbons (Fsp3) is 0.455. The molecule has 0 aliphatic carbocycles. The summed E-state index contributed by atoms with van der Waals surface area (Å²) in [6.45, 7) is 7.45. The van der Waals surface area contributed by atoms with Crippen molar-refractivity contribution in [3.05, 3.63) is 65.1 Å². The van der Waals surface area contributed by atoms with Gasteiger partial charge in [0.25, 0.3) is 17.6 Å². The van der Waals surface area contributed by atoms with Crippen LogP contribution in [0.3, 0.4) is 0 Å². The molecule has 2 aliphatic rings. The minimum absolute atomic E-state index is 0.175. The zero-order chi connectivity index (χ0) is 31.6. The summed E-state index contributed by atoms with van der Waals surface area (Å²) in [7, 11) is 1.49. The summed E-state index contributed by atoms with van der Waals surface area (Å²) >= 11 is 0. The van der Waals surface area contributed by atoms with Crippen molar-refractivity contribution in [1.29, 1.82) is 0 Å². The minimum Gasteiger partial charge on any atom is -0.496 e. The number of H-pyrrole nitrogens is 1. The van der Waals surface area contributed by atoms with Crippen LogP contribution in [0.1, 0.15) is 59.9 Å². The van der Waals surface area contributed by atoms with Crippen LogP contribution in [0.25, 0.3) is 10.9 Å². The first kappa shape index (κ1) is 31.0. The average molecular weight is 607 g/mol. The van der Waals surface area contributed by atoms with Crippen LogP contribution in [0.2, 0.25) is 0 Å². The fourth-order valence-corrected chi connectivity index (χ4v) is 5.82. The van der Waals surface area contributed by atoms with Crippen molar-refractivity contribution < 1.29 is 33.0 Å². The number of Topliss-reactive ketones (excluding diaryl/α,β-unsaturated/α-hetero) is 1. The Balaban J connectivity index is 1.26. The lowest BCUT2D eigenvalue weighted by atomic mass is 9.90. The van der Waals surface area contributed by atoms with Gasteiger partial charge in [-0.15, -0.1) is 0 Å². The number of fused-ring (bicyclic) bond motifs is 1. The molecule has 3 heterocycles. The molecule has 0 unspecified atom stereocenters. The number of hydrogen-bond donors (Lipinski definition) is 1. The van der Waals surface area contributed by atoms with Gasteiger partial charge in [0.05, 0.1) is 18.2 Å². The third kappa shape index (κ3) is 6.87. The number of amides is 3. The van der Waals surface area contributed by atoms with E-state index in [4.69, 9.17) is 9.47 Å². The van der Waals surface area contributed by atoms with Gasteiger partial charge in [-0.1, -0.05) is 12.1 Å². The van der Waals surface area contributed by atoms with Crippen molar-refractivity contribution in [3.8, 4) is 5.75 Å². The quantitative estimate of drug-likeness (QED) is 0.322. The van der Waals surface area contributed by atoms with Gasteiger partial charge in [0.1, 0.15) is 17.2 Å². The lowest BCUT2D eigenvalue weighted by Crippen LogP contribution is -2.53. The van der Waals surface area contributed by atoms with Crippen LogP contribution in [0.15, 0.2) is 42.6 Å². The van der Waals surface area contributed by atoms with E-state index < -0.39 is 23.4 Å². The van der Waals surface area contributed by atoms with Crippen LogP contribution < -0.4 is 4.74 Å². The summed E-state index contributed by atoms with van der Waals surface area (Å²) in [5.41, 5.74) is 1.52. The Morgan fingerprint density at radius 2 is 1.52 bits per heavy atom. The molecule has 2 fully saturated rings. The molecule has 1 aromatic heterocycles. The third-order valence-electron chi connectivity index (χ3n) is 8.23. The Labute approximate surface area is 256 Å². The van der Waals surface area contributed by atoms with Gasteiger partial charge in [0.2, 0.25) is 0 Å². The summed E-state index contributed by atoms with van der Waals surface area (Å²) in [6, 6.07) is 9.84. The van der Waals surface area contributed by atoms with Crippen LogP contribution in [0.4, 0.5) is 9.18 Å². The summed E-state index contributed by atoms with van der Waals surface area (Å²) in [5.74, 6) is -1.04. The molecule has 5 rings (SSSR count). The number of methoxy groups -OCH3 is 1. The zero-order valence-electron chi connectivity index (χ0n) is 25.7. The van der Waals surface area contributed by atoms with E-state index in [2.05, 4.69) is 4.98 Å². The van der Waals surface area contributed by atoms with E-state index in [1.807, 2.05) is 0 Å². The first-order valence-corrected chi connectivity index (χ1v) is 15.0. The summed E-state index contributed by atoms with van der Waals surface area (Å²) < 4.78 is 24.2. The van der Waals surface area contributed by atoms with Crippen LogP contribution in [-0.2, 0) is 16.0 Å². The number of hydrogen-bond acceptors (Lipinski definition) is 6. The van der Waals surface area contributed by atoms with E-state index in [0.717, 1.165) is 24.8 Å². The molecule has 44 heavy (non-hydrogen) atoms. The van der Waals surface area contributed by atoms with E-state index in [0.29, 0.717) is 41.2 Å². The Bertz CT molecular complexity index is 1540. The van der Waals surface area contributed by atoms with Crippen molar-refractivity contribution in [2.45, 2.75) is 45.6 Å². The van der Waals surface area contributed by atoms with Crippen LogP contribution >= 0.6 is 0 Å². The van der Waals surface area contributed by atoms with Gasteiger partial charge in [-0.2, -0.15) is 0 Å². The predicted octanol–water partition coefficient (Wildman–Crippen LogP) is 4.67. The van der Waals surface area contributed by atoms with Crippen LogP contribution in [-0.4, -0.2) is 95.4 Å². The SMILES string of the molecule is COc1cc2[nH]cc(C(=O)C(=O)N3CCN(C(=O)OC(C)(C)C)CC3)c2cc1C(=O)N1CCC(Cc2ccc(F)cc2)CC1. The molecule has 0 atom stereocenters. The van der Waals surface area contributed by atoms with Gasteiger partial charge in [-0.05, 0) is 69.7 Å². The molecular formula is C33H39FN4O6. The van der Waals surface area contributed by atoms with Crippen molar-refractivity contribution in [2.24, 2.45) is 5.92 Å². The number of piperidine rings is 1. The predicted molar refractivity (Wildman–Crippen MR) is 162 cm³/mol. The monoisotopic (exact) mass is 606 g/mol. The second-order valence-electron chi connectivity index (χ2n) is 12.5. The third-order valence-corrected chi connectivity index (χ3v) is 8.23. The van der Waals surface area contributed by atoms with Crippen molar-refractivity contribution >= 4 is 34.6 Å². The van der Waals surface area contributed by atoms with E-state index in [1.54, 1.807) is 49.9 Å². The second kappa shape index (κ2) is 12.7. The lowest BCUT2D eigenvalue weighted by molar-refractivity contribution is -0.128. The van der Waals surface area contributed by atoms with E-state index in [9.17, 15) is 23.6 Å². The number of nitrogens with one attached hydrogen (secondary N) is 1. The average Bonchev–Trinajstić information content (AvgIpc) is 3.43. The maximum atomic E-state index is 13.7. The van der Waals surface area contributed by atoms with Crippen LogP contribution in [0, 0.1) is 11.7 Å². The molecule has 2 aromatic carbocycles. The molecule has 2 aliphatic heterocycles. The maximum absolute atomic E-state index is 13.7. The second-order valence-corrected chi connectivity index (χ2v) is 12.5. The minimum atomic E-state index is -0.688. The number of rotatable bonds is 6. The van der Waals surface area contributed by atoms with Crippen molar-refractivity contribution in [2.75, 3.05) is 46.4 Å². The lowest BCUT2D eigenvalue weighted by Gasteiger charge is -2.35. The number of likely N-dealkylation sites (tertiary alicyclic amines) is 1. The number of benzene rings is 2. The number of aromatic amines is 1. The van der Waals surface area contributed by atoms with Gasteiger partial charge in [-0.25, -0.2) is 9.18 Å². The molecule has 234 valence electrons. The topological polar surface area (TPSA) is 112 Å². The Morgan fingerprint density at radius 3 is 2.14 bits per heavy atom. The highest BCUT2D eigenvalue weighted by molar-refractivity contribution is 6.45. The number of ketones is 1. The molecule has 3 aromatic rings. The number of piperazine rings is 1. The Kier molecular flexibility index (Phi) is 8.94. The molecule has 0 bridgehead atoms. The number of halogens is 1. The molecule has 0 saturated carbocycles. The van der Waals surface area contributed by atoms with Crippen molar-refractivity contribution in [3.63, 3.8) is 0 Å². The zero-order valence-corrected chi connectivity index (χ0v) is 25.7. The smallest absolute Gasteiger partial charge is 0.410 e. The molecule has 1 N–H and O–H groups in total. The van der Waals surface area contributed by atoms with Gasteiger partial charge in [0.15, 0.2) is 0 Å². The Hall–Kier alpha value is -4.41. The van der Waals surface area contributed by atoms with E-state index in [-0.39, 0.29) is 43.5 Å². The first-order valence-electron chi connectivity index (χ1n) is 15.0. The Morgan fingerprint density at radius 1 is 0.886 bits per heavy atom. The normalized spacial score (nSPS) is 16.2. The number of aromatic nitrogens is 1. The standard InChI is InChI=1S/C33H39FN4O6/c1-33(2,3)44-32(42)38-15-13-37(14-16-38)31(41)29(39)26-20-35-27-19-28(43-4)25(18-24(26)27)30(40)36-11-9-22(10-12-36)17-21-5-7-23(34)8-6-21/h5-8,18-20,22,35H,9-17H2,1-4H3. The number of ether oxygens (including phenoxy) is 2. The number of carbonyl (C=O) groups is 4. The fourth-order valence-electron chi connectivity index (χ4n) is 5.82. The first-order chi connectivity index (χ1) is 20.9. The maximum Gasteiger partial charge on any atom is 0.410 e. The van der Waals surface area contributed by atoms with Gasteiger partial charge in [-0.3, -0.25) is 14.4 Å². The molecule has 0 spiro atoms. The van der Waals surface area contributed by atoms with Crippen molar-refractivity contribution in [1.82, 2.24) is 19.7 Å².